The minimum absolute atomic E-state index is 0.216. The highest BCUT2D eigenvalue weighted by atomic mass is 35.5. The second-order valence-corrected chi connectivity index (χ2v) is 6.69. The first-order valence-electron chi connectivity index (χ1n) is 8.95. The van der Waals surface area contributed by atoms with Gasteiger partial charge in [-0.2, -0.15) is 0 Å². The number of halogens is 1. The number of carbonyl (C=O) groups excluding carboxylic acids is 2. The van der Waals surface area contributed by atoms with Gasteiger partial charge >= 0.3 is 11.4 Å². The van der Waals surface area contributed by atoms with E-state index in [-0.39, 0.29) is 11.0 Å². The number of nitrogens with zero attached hydrogens (tertiary/aromatic N) is 1. The summed E-state index contributed by atoms with van der Waals surface area (Å²) in [5, 5.41) is 0. The van der Waals surface area contributed by atoms with Crippen LogP contribution < -0.4 is 10.3 Å². The molecule has 9 heteroatoms. The lowest BCUT2D eigenvalue weighted by molar-refractivity contribution is 0.0592. The highest BCUT2D eigenvalue weighted by Crippen LogP contribution is 2.30. The molecule has 1 atom stereocenters. The fourth-order valence-electron chi connectivity index (χ4n) is 3.10. The molecule has 154 valence electrons. The van der Waals surface area contributed by atoms with Crippen LogP contribution in [-0.4, -0.2) is 44.8 Å². The summed E-state index contributed by atoms with van der Waals surface area (Å²) in [7, 11) is 1.25. The van der Waals surface area contributed by atoms with Crippen LogP contribution in [0.1, 0.15) is 28.9 Å². The lowest BCUT2D eigenvalue weighted by Crippen LogP contribution is -2.36. The molecule has 1 fully saturated rings. The number of rotatable bonds is 5. The normalized spacial score (nSPS) is 14.9. The first kappa shape index (κ1) is 20.9. The van der Waals surface area contributed by atoms with Crippen molar-refractivity contribution in [3.05, 3.63) is 51.7 Å². The summed E-state index contributed by atoms with van der Waals surface area (Å²) in [5.41, 5.74) is -0.0837. The quantitative estimate of drug-likeness (QED) is 0.535. The molecule has 29 heavy (non-hydrogen) atoms. The first-order valence-corrected chi connectivity index (χ1v) is 9.33. The Hall–Kier alpha value is -2.84. The molecular formula is C20H20ClNO7. The molecule has 1 aliphatic rings. The van der Waals surface area contributed by atoms with Crippen LogP contribution in [0.5, 0.6) is 0 Å². The van der Waals surface area contributed by atoms with Gasteiger partial charge in [0.15, 0.2) is 11.3 Å². The Labute approximate surface area is 171 Å². The molecule has 2 aromatic rings. The first-order chi connectivity index (χ1) is 13.9. The number of carbonyl (C=O) groups is 2. The summed E-state index contributed by atoms with van der Waals surface area (Å²) >= 11 is 5.32. The number of hydrogen-bond acceptors (Lipinski definition) is 8. The molecule has 1 aromatic carbocycles. The monoisotopic (exact) mass is 421 g/mol. The average Bonchev–Trinajstić information content (AvgIpc) is 2.72. The summed E-state index contributed by atoms with van der Waals surface area (Å²) in [4.78, 5) is 37.4. The van der Waals surface area contributed by atoms with E-state index in [1.165, 1.54) is 25.3 Å². The number of morpholine rings is 1. The van der Waals surface area contributed by atoms with Gasteiger partial charge in [-0.25, -0.2) is 9.59 Å². The maximum absolute atomic E-state index is 12.2. The Balaban J connectivity index is 2.04. The molecule has 0 N–H and O–H groups in total. The number of anilines is 1. The molecule has 1 aromatic heterocycles. The molecule has 1 aliphatic heterocycles. The molecule has 1 unspecified atom stereocenters. The van der Waals surface area contributed by atoms with Gasteiger partial charge in [-0.1, -0.05) is 6.07 Å². The topological polar surface area (TPSA) is 95.3 Å². The van der Waals surface area contributed by atoms with Crippen LogP contribution in [0.25, 0.3) is 11.3 Å². The van der Waals surface area contributed by atoms with Gasteiger partial charge in [-0.3, -0.25) is 4.79 Å². The maximum Gasteiger partial charge on any atom is 0.404 e. The molecule has 0 amide bonds. The molecule has 8 nitrogen and oxygen atoms in total. The van der Waals surface area contributed by atoms with Crippen molar-refractivity contribution in [2.75, 3.05) is 38.3 Å². The van der Waals surface area contributed by atoms with Gasteiger partial charge < -0.3 is 23.5 Å². The summed E-state index contributed by atoms with van der Waals surface area (Å²) in [6, 6.07) is 7.55. The van der Waals surface area contributed by atoms with E-state index in [1.807, 2.05) is 4.90 Å². The van der Waals surface area contributed by atoms with Gasteiger partial charge in [0.1, 0.15) is 11.9 Å². The number of esters is 1. The fourth-order valence-corrected chi connectivity index (χ4v) is 3.23. The van der Waals surface area contributed by atoms with Crippen molar-refractivity contribution in [2.45, 2.75) is 13.0 Å². The van der Waals surface area contributed by atoms with Crippen LogP contribution in [0, 0.1) is 0 Å². The zero-order valence-corrected chi connectivity index (χ0v) is 16.7. The molecule has 0 bridgehead atoms. The zero-order chi connectivity index (χ0) is 21.0. The van der Waals surface area contributed by atoms with E-state index < -0.39 is 17.5 Å². The van der Waals surface area contributed by atoms with Crippen molar-refractivity contribution in [1.29, 1.82) is 0 Å². The van der Waals surface area contributed by atoms with Gasteiger partial charge in [0.2, 0.25) is 0 Å². The third-order valence-corrected chi connectivity index (χ3v) is 4.61. The van der Waals surface area contributed by atoms with Crippen LogP contribution in [0.15, 0.2) is 39.5 Å². The summed E-state index contributed by atoms with van der Waals surface area (Å²) in [5.74, 6) is 0.170. The SMILES string of the molecule is COC(=O)c1ccc(-c2cc(=O)cc(N3CCOCC3)o2)cc1C(C)OC(=O)Cl. The highest BCUT2D eigenvalue weighted by Gasteiger charge is 2.22. The van der Waals surface area contributed by atoms with Crippen LogP contribution in [-0.2, 0) is 14.2 Å². The van der Waals surface area contributed by atoms with Crippen molar-refractivity contribution in [1.82, 2.24) is 0 Å². The molecule has 0 spiro atoms. The minimum atomic E-state index is -1.00. The second-order valence-electron chi connectivity index (χ2n) is 6.39. The van der Waals surface area contributed by atoms with Crippen molar-refractivity contribution in [2.24, 2.45) is 0 Å². The Bertz CT molecular complexity index is 966. The van der Waals surface area contributed by atoms with Gasteiger partial charge in [0.05, 0.1) is 25.9 Å². The van der Waals surface area contributed by atoms with Crippen LogP contribution >= 0.6 is 11.6 Å². The Kier molecular flexibility index (Phi) is 6.56. The number of ether oxygens (including phenoxy) is 3. The molecular weight excluding hydrogens is 402 g/mol. The standard InChI is InChI=1S/C20H20ClNO7/c1-12(28-20(21)25)16-9-13(3-4-15(16)19(24)26-2)17-10-14(23)11-18(29-17)22-5-7-27-8-6-22/h3-4,9-12H,5-8H2,1-2H3. The zero-order valence-electron chi connectivity index (χ0n) is 16.0. The molecule has 0 radical (unpaired) electrons. The van der Waals surface area contributed by atoms with Gasteiger partial charge in [0.25, 0.3) is 0 Å². The van der Waals surface area contributed by atoms with Gasteiger partial charge in [-0.15, -0.1) is 0 Å². The fraction of sp³-hybridized carbons (Fsp3) is 0.350. The smallest absolute Gasteiger partial charge is 0.404 e. The second kappa shape index (κ2) is 9.11. The molecule has 0 aliphatic carbocycles. The Morgan fingerprint density at radius 2 is 1.90 bits per heavy atom. The van der Waals surface area contributed by atoms with Crippen LogP contribution in [0.2, 0.25) is 0 Å². The van der Waals surface area contributed by atoms with E-state index in [4.69, 9.17) is 30.2 Å². The number of methoxy groups -OCH3 is 1. The summed E-state index contributed by atoms with van der Waals surface area (Å²) in [6.07, 6.45) is -0.816. The predicted molar refractivity (Wildman–Crippen MR) is 106 cm³/mol. The molecule has 2 heterocycles. The average molecular weight is 422 g/mol. The predicted octanol–water partition coefficient (Wildman–Crippen LogP) is 3.37. The van der Waals surface area contributed by atoms with E-state index in [0.717, 1.165) is 0 Å². The van der Waals surface area contributed by atoms with Gasteiger partial charge in [-0.05, 0) is 19.1 Å². The maximum atomic E-state index is 12.2. The lowest BCUT2D eigenvalue weighted by Gasteiger charge is -2.27. The lowest BCUT2D eigenvalue weighted by atomic mass is 9.98. The third kappa shape index (κ3) is 4.96. The summed E-state index contributed by atoms with van der Waals surface area (Å²) in [6.45, 7) is 3.90. The van der Waals surface area contributed by atoms with E-state index in [0.29, 0.717) is 49.1 Å². The van der Waals surface area contributed by atoms with Crippen molar-refractivity contribution in [3.8, 4) is 11.3 Å². The van der Waals surface area contributed by atoms with E-state index in [9.17, 15) is 14.4 Å². The van der Waals surface area contributed by atoms with E-state index >= 15 is 0 Å². The summed E-state index contributed by atoms with van der Waals surface area (Å²) < 4.78 is 21.1. The van der Waals surface area contributed by atoms with E-state index in [1.54, 1.807) is 19.1 Å². The molecule has 0 saturated carbocycles. The molecule has 1 saturated heterocycles. The Morgan fingerprint density at radius 1 is 1.17 bits per heavy atom. The molecule has 3 rings (SSSR count). The van der Waals surface area contributed by atoms with Crippen LogP contribution in [0.3, 0.4) is 0 Å². The van der Waals surface area contributed by atoms with Crippen LogP contribution in [0.4, 0.5) is 10.7 Å². The van der Waals surface area contributed by atoms with Crippen molar-refractivity contribution >= 4 is 28.9 Å². The van der Waals surface area contributed by atoms with Crippen molar-refractivity contribution < 1.29 is 28.2 Å². The number of hydrogen-bond donors (Lipinski definition) is 0. The highest BCUT2D eigenvalue weighted by molar-refractivity contribution is 6.61. The largest absolute Gasteiger partial charge is 0.465 e. The van der Waals surface area contributed by atoms with Crippen molar-refractivity contribution in [3.63, 3.8) is 0 Å². The van der Waals surface area contributed by atoms with Gasteiger partial charge in [0, 0.05) is 48.0 Å². The van der Waals surface area contributed by atoms with E-state index in [2.05, 4.69) is 0 Å². The number of benzene rings is 1. The minimum Gasteiger partial charge on any atom is -0.465 e. The Morgan fingerprint density at radius 3 is 2.55 bits per heavy atom. The third-order valence-electron chi connectivity index (χ3n) is 4.53.